The van der Waals surface area contributed by atoms with Crippen molar-refractivity contribution in [2.24, 2.45) is 0 Å². The Balaban J connectivity index is 2.04. The molecule has 2 rings (SSSR count). The van der Waals surface area contributed by atoms with Gasteiger partial charge in [-0.2, -0.15) is 0 Å². The smallest absolute Gasteiger partial charge is 0.342 e. The molecule has 1 N–H and O–H groups in total. The minimum Gasteiger partial charge on any atom is -0.493 e. The zero-order chi connectivity index (χ0) is 18.4. The lowest BCUT2D eigenvalue weighted by Gasteiger charge is -2.12. The Kier molecular flexibility index (Phi) is 5.89. The molecule has 0 aromatic heterocycles. The second-order valence-corrected chi connectivity index (χ2v) is 4.76. The quantitative estimate of drug-likeness (QED) is 0.810. The molecular formula is C17H15F2NO5. The molecule has 25 heavy (non-hydrogen) atoms. The summed E-state index contributed by atoms with van der Waals surface area (Å²) in [7, 11) is 2.76. The zero-order valence-corrected chi connectivity index (χ0v) is 13.5. The standard InChI is InChI=1S/C17H15F2NO5/c1-23-13-8-3-5-10(16(13)24-2)17(22)25-9-14(21)20-15-11(18)6-4-7-12(15)19/h3-8H,9H2,1-2H3,(H,20,21). The molecule has 8 heteroatoms. The van der Waals surface area contributed by atoms with Gasteiger partial charge in [0.05, 0.1) is 14.2 Å². The van der Waals surface area contributed by atoms with Crippen LogP contribution in [0.25, 0.3) is 0 Å². The molecule has 0 atom stereocenters. The van der Waals surface area contributed by atoms with Crippen LogP contribution in [0, 0.1) is 11.6 Å². The number of carbonyl (C=O) groups excluding carboxylic acids is 2. The summed E-state index contributed by atoms with van der Waals surface area (Å²) in [6.45, 7) is -0.729. The van der Waals surface area contributed by atoms with Gasteiger partial charge in [0.2, 0.25) is 0 Å². The number of carbonyl (C=O) groups is 2. The normalized spacial score (nSPS) is 10.1. The van der Waals surface area contributed by atoms with E-state index in [1.54, 1.807) is 12.1 Å². The lowest BCUT2D eigenvalue weighted by atomic mass is 10.2. The van der Waals surface area contributed by atoms with Crippen molar-refractivity contribution in [2.75, 3.05) is 26.1 Å². The van der Waals surface area contributed by atoms with E-state index in [0.29, 0.717) is 5.75 Å². The third-order valence-electron chi connectivity index (χ3n) is 3.18. The lowest BCUT2D eigenvalue weighted by Crippen LogP contribution is -2.22. The van der Waals surface area contributed by atoms with Gasteiger partial charge in [-0.15, -0.1) is 0 Å². The van der Waals surface area contributed by atoms with Crippen molar-refractivity contribution in [1.82, 2.24) is 0 Å². The van der Waals surface area contributed by atoms with E-state index in [-0.39, 0.29) is 11.3 Å². The molecule has 0 aliphatic rings. The molecule has 0 spiro atoms. The number of hydrogen-bond donors (Lipinski definition) is 1. The lowest BCUT2D eigenvalue weighted by molar-refractivity contribution is -0.119. The molecule has 2 aromatic carbocycles. The van der Waals surface area contributed by atoms with Crippen LogP contribution in [0.15, 0.2) is 36.4 Å². The van der Waals surface area contributed by atoms with E-state index in [1.165, 1.54) is 20.3 Å². The molecule has 0 fully saturated rings. The number of methoxy groups -OCH3 is 2. The van der Waals surface area contributed by atoms with Crippen molar-refractivity contribution in [3.8, 4) is 11.5 Å². The highest BCUT2D eigenvalue weighted by Crippen LogP contribution is 2.31. The maximum absolute atomic E-state index is 13.5. The first-order chi connectivity index (χ1) is 12.0. The third-order valence-corrected chi connectivity index (χ3v) is 3.18. The highest BCUT2D eigenvalue weighted by Gasteiger charge is 2.19. The highest BCUT2D eigenvalue weighted by atomic mass is 19.1. The van der Waals surface area contributed by atoms with Crippen LogP contribution >= 0.6 is 0 Å². The SMILES string of the molecule is COc1cccc(C(=O)OCC(=O)Nc2c(F)cccc2F)c1OC. The van der Waals surface area contributed by atoms with E-state index < -0.39 is 35.8 Å². The molecule has 0 aliphatic carbocycles. The second kappa shape index (κ2) is 8.09. The maximum atomic E-state index is 13.5. The minimum absolute atomic E-state index is 0.0479. The molecule has 0 bridgehead atoms. The van der Waals surface area contributed by atoms with Crippen molar-refractivity contribution in [2.45, 2.75) is 0 Å². The second-order valence-electron chi connectivity index (χ2n) is 4.76. The van der Waals surface area contributed by atoms with Crippen LogP contribution in [-0.2, 0) is 9.53 Å². The number of esters is 1. The Labute approximate surface area is 142 Å². The van der Waals surface area contributed by atoms with E-state index >= 15 is 0 Å². The van der Waals surface area contributed by atoms with Crippen LogP contribution in [0.1, 0.15) is 10.4 Å². The maximum Gasteiger partial charge on any atom is 0.342 e. The van der Waals surface area contributed by atoms with Crippen LogP contribution in [0.2, 0.25) is 0 Å². The van der Waals surface area contributed by atoms with Crippen molar-refractivity contribution in [3.05, 3.63) is 53.6 Å². The van der Waals surface area contributed by atoms with Crippen LogP contribution in [0.3, 0.4) is 0 Å². The Morgan fingerprint density at radius 3 is 2.24 bits per heavy atom. The number of amides is 1. The van der Waals surface area contributed by atoms with E-state index in [9.17, 15) is 18.4 Å². The Morgan fingerprint density at radius 1 is 1.00 bits per heavy atom. The molecule has 0 radical (unpaired) electrons. The number of benzene rings is 2. The van der Waals surface area contributed by atoms with Crippen LogP contribution in [-0.4, -0.2) is 32.7 Å². The molecule has 2 aromatic rings. The number of para-hydroxylation sites is 2. The van der Waals surface area contributed by atoms with Crippen LogP contribution in [0.4, 0.5) is 14.5 Å². The summed E-state index contributed by atoms with van der Waals surface area (Å²) in [5.74, 6) is -3.15. The molecule has 1 amide bonds. The van der Waals surface area contributed by atoms with E-state index in [4.69, 9.17) is 14.2 Å². The van der Waals surface area contributed by atoms with Gasteiger partial charge in [0.1, 0.15) is 22.9 Å². The number of halogens is 2. The predicted molar refractivity (Wildman–Crippen MR) is 84.8 cm³/mol. The summed E-state index contributed by atoms with van der Waals surface area (Å²) >= 11 is 0. The van der Waals surface area contributed by atoms with Gasteiger partial charge in [-0.25, -0.2) is 13.6 Å². The number of rotatable bonds is 6. The predicted octanol–water partition coefficient (Wildman–Crippen LogP) is 2.78. The van der Waals surface area contributed by atoms with Gasteiger partial charge in [-0.1, -0.05) is 12.1 Å². The van der Waals surface area contributed by atoms with Gasteiger partial charge in [0.15, 0.2) is 18.1 Å². The summed E-state index contributed by atoms with van der Waals surface area (Å²) in [5, 5.41) is 2.01. The molecule has 0 heterocycles. The fraction of sp³-hybridized carbons (Fsp3) is 0.176. The van der Waals surface area contributed by atoms with Crippen molar-refractivity contribution < 1.29 is 32.6 Å². The van der Waals surface area contributed by atoms with Gasteiger partial charge in [0.25, 0.3) is 5.91 Å². The number of anilines is 1. The van der Waals surface area contributed by atoms with Crippen molar-refractivity contribution in [3.63, 3.8) is 0 Å². The largest absolute Gasteiger partial charge is 0.493 e. The number of nitrogens with one attached hydrogen (secondary N) is 1. The van der Waals surface area contributed by atoms with E-state index in [0.717, 1.165) is 18.2 Å². The fourth-order valence-corrected chi connectivity index (χ4v) is 2.05. The summed E-state index contributed by atoms with van der Waals surface area (Å²) in [6, 6.07) is 7.71. The fourth-order valence-electron chi connectivity index (χ4n) is 2.05. The van der Waals surface area contributed by atoms with Gasteiger partial charge >= 0.3 is 5.97 Å². The summed E-state index contributed by atoms with van der Waals surface area (Å²) in [6.07, 6.45) is 0. The molecule has 0 unspecified atom stereocenters. The molecule has 132 valence electrons. The number of ether oxygens (including phenoxy) is 3. The van der Waals surface area contributed by atoms with Gasteiger partial charge in [0, 0.05) is 0 Å². The molecule has 6 nitrogen and oxygen atoms in total. The average molecular weight is 351 g/mol. The first-order valence-corrected chi connectivity index (χ1v) is 7.10. The molecular weight excluding hydrogens is 336 g/mol. The van der Waals surface area contributed by atoms with E-state index in [1.807, 2.05) is 5.32 Å². The summed E-state index contributed by atoms with van der Waals surface area (Å²) in [4.78, 5) is 23.9. The molecule has 0 saturated heterocycles. The molecule has 0 saturated carbocycles. The van der Waals surface area contributed by atoms with Crippen molar-refractivity contribution >= 4 is 17.6 Å². The number of hydrogen-bond acceptors (Lipinski definition) is 5. The summed E-state index contributed by atoms with van der Waals surface area (Å²) < 4.78 is 41.9. The van der Waals surface area contributed by atoms with Crippen LogP contribution < -0.4 is 14.8 Å². The Bertz CT molecular complexity index is 774. The zero-order valence-electron chi connectivity index (χ0n) is 13.5. The van der Waals surface area contributed by atoms with Crippen molar-refractivity contribution in [1.29, 1.82) is 0 Å². The first kappa shape index (κ1) is 18.2. The monoisotopic (exact) mass is 351 g/mol. The first-order valence-electron chi connectivity index (χ1n) is 7.10. The van der Waals surface area contributed by atoms with Gasteiger partial charge < -0.3 is 19.5 Å². The van der Waals surface area contributed by atoms with Gasteiger partial charge in [-0.05, 0) is 24.3 Å². The van der Waals surface area contributed by atoms with Gasteiger partial charge in [-0.3, -0.25) is 4.79 Å². The Morgan fingerprint density at radius 2 is 1.64 bits per heavy atom. The minimum atomic E-state index is -0.936. The topological polar surface area (TPSA) is 73.9 Å². The average Bonchev–Trinajstić information content (AvgIpc) is 2.62. The third kappa shape index (κ3) is 4.23. The Hall–Kier alpha value is -3.16. The van der Waals surface area contributed by atoms with Crippen LogP contribution in [0.5, 0.6) is 11.5 Å². The van der Waals surface area contributed by atoms with E-state index in [2.05, 4.69) is 0 Å². The highest BCUT2D eigenvalue weighted by molar-refractivity contribution is 5.97. The summed E-state index contributed by atoms with van der Waals surface area (Å²) in [5.41, 5.74) is -0.561. The molecule has 0 aliphatic heterocycles.